The van der Waals surface area contributed by atoms with E-state index in [1.807, 2.05) is 0 Å². The van der Waals surface area contributed by atoms with Crippen molar-refractivity contribution in [2.75, 3.05) is 31.1 Å². The zero-order valence-corrected chi connectivity index (χ0v) is 12.8. The van der Waals surface area contributed by atoms with Crippen molar-refractivity contribution in [2.45, 2.75) is 33.6 Å². The lowest BCUT2D eigenvalue weighted by molar-refractivity contribution is -0.132. The molecular formula is C17H24N2O. The van der Waals surface area contributed by atoms with Crippen molar-refractivity contribution in [1.29, 1.82) is 0 Å². The van der Waals surface area contributed by atoms with E-state index >= 15 is 0 Å². The summed E-state index contributed by atoms with van der Waals surface area (Å²) in [7, 11) is 0. The maximum absolute atomic E-state index is 12.1. The van der Waals surface area contributed by atoms with Crippen LogP contribution in [0.15, 0.2) is 12.1 Å². The fourth-order valence-corrected chi connectivity index (χ4v) is 3.41. The van der Waals surface area contributed by atoms with Gasteiger partial charge in [-0.05, 0) is 44.7 Å². The Morgan fingerprint density at radius 3 is 2.05 bits per heavy atom. The van der Waals surface area contributed by atoms with Crippen LogP contribution in [0, 0.1) is 26.7 Å². The number of carbonyl (C=O) groups excluding carboxylic acids is 1. The smallest absolute Gasteiger partial charge is 0.225 e. The molecule has 1 aromatic carbocycles. The van der Waals surface area contributed by atoms with Gasteiger partial charge in [0.25, 0.3) is 0 Å². The van der Waals surface area contributed by atoms with Gasteiger partial charge in [0.15, 0.2) is 0 Å². The molecule has 1 saturated carbocycles. The summed E-state index contributed by atoms with van der Waals surface area (Å²) >= 11 is 0. The number of carbonyl (C=O) groups is 1. The van der Waals surface area contributed by atoms with Crippen LogP contribution in [0.25, 0.3) is 0 Å². The Labute approximate surface area is 121 Å². The fourth-order valence-electron chi connectivity index (χ4n) is 3.41. The molecular weight excluding hydrogens is 248 g/mol. The number of hydrogen-bond donors (Lipinski definition) is 0. The van der Waals surface area contributed by atoms with Gasteiger partial charge in [0, 0.05) is 37.8 Å². The van der Waals surface area contributed by atoms with E-state index in [1.165, 1.54) is 22.4 Å². The molecule has 1 aromatic rings. The quantitative estimate of drug-likeness (QED) is 0.826. The van der Waals surface area contributed by atoms with E-state index in [9.17, 15) is 4.79 Å². The van der Waals surface area contributed by atoms with Crippen LogP contribution in [0.4, 0.5) is 5.69 Å². The van der Waals surface area contributed by atoms with E-state index in [2.05, 4.69) is 42.7 Å². The van der Waals surface area contributed by atoms with E-state index in [0.29, 0.717) is 11.8 Å². The predicted octanol–water partition coefficient (Wildman–Crippen LogP) is 2.67. The van der Waals surface area contributed by atoms with Crippen molar-refractivity contribution in [1.82, 2.24) is 4.90 Å². The molecule has 0 N–H and O–H groups in total. The van der Waals surface area contributed by atoms with Crippen LogP contribution in [0.1, 0.15) is 29.5 Å². The molecule has 1 heterocycles. The van der Waals surface area contributed by atoms with Crippen LogP contribution in [0.2, 0.25) is 0 Å². The first kappa shape index (κ1) is 13.5. The molecule has 20 heavy (non-hydrogen) atoms. The van der Waals surface area contributed by atoms with Crippen molar-refractivity contribution in [3.63, 3.8) is 0 Å². The van der Waals surface area contributed by atoms with Crippen molar-refractivity contribution in [3.8, 4) is 0 Å². The van der Waals surface area contributed by atoms with Crippen LogP contribution in [-0.4, -0.2) is 37.0 Å². The Morgan fingerprint density at radius 2 is 1.55 bits per heavy atom. The standard InChI is InChI=1S/C17H24N2O/c1-12-10-13(2)16(14(3)11-12)18-6-8-19(9-7-18)17(20)15-4-5-15/h10-11,15H,4-9H2,1-3H3. The summed E-state index contributed by atoms with van der Waals surface area (Å²) in [6.45, 7) is 10.2. The maximum Gasteiger partial charge on any atom is 0.225 e. The van der Waals surface area contributed by atoms with E-state index < -0.39 is 0 Å². The SMILES string of the molecule is Cc1cc(C)c(N2CCN(C(=O)C3CC3)CC2)c(C)c1. The first-order valence-corrected chi connectivity index (χ1v) is 7.68. The average molecular weight is 272 g/mol. The maximum atomic E-state index is 12.1. The highest BCUT2D eigenvalue weighted by Gasteiger charge is 2.34. The summed E-state index contributed by atoms with van der Waals surface area (Å²) in [6, 6.07) is 4.51. The van der Waals surface area contributed by atoms with Crippen molar-refractivity contribution in [3.05, 3.63) is 28.8 Å². The van der Waals surface area contributed by atoms with Gasteiger partial charge in [-0.2, -0.15) is 0 Å². The molecule has 3 nitrogen and oxygen atoms in total. The summed E-state index contributed by atoms with van der Waals surface area (Å²) in [4.78, 5) is 16.6. The van der Waals surface area contributed by atoms with Gasteiger partial charge in [-0.3, -0.25) is 4.79 Å². The monoisotopic (exact) mass is 272 g/mol. The molecule has 1 aliphatic carbocycles. The number of rotatable bonds is 2. The van der Waals surface area contributed by atoms with Crippen molar-refractivity contribution >= 4 is 11.6 Å². The number of hydrogen-bond acceptors (Lipinski definition) is 2. The van der Waals surface area contributed by atoms with Crippen LogP contribution >= 0.6 is 0 Å². The Morgan fingerprint density at radius 1 is 1.00 bits per heavy atom. The molecule has 0 bridgehead atoms. The van der Waals surface area contributed by atoms with Gasteiger partial charge in [-0.1, -0.05) is 17.7 Å². The van der Waals surface area contributed by atoms with Crippen molar-refractivity contribution < 1.29 is 4.79 Å². The molecule has 108 valence electrons. The first-order chi connectivity index (χ1) is 9.56. The number of piperazine rings is 1. The molecule has 0 unspecified atom stereocenters. The molecule has 3 rings (SSSR count). The normalized spacial score (nSPS) is 19.4. The highest BCUT2D eigenvalue weighted by atomic mass is 16.2. The second kappa shape index (κ2) is 5.12. The summed E-state index contributed by atoms with van der Waals surface area (Å²) < 4.78 is 0. The molecule has 3 heteroatoms. The third kappa shape index (κ3) is 2.54. The zero-order valence-electron chi connectivity index (χ0n) is 12.8. The topological polar surface area (TPSA) is 23.6 Å². The Kier molecular flexibility index (Phi) is 3.45. The van der Waals surface area contributed by atoms with Gasteiger partial charge >= 0.3 is 0 Å². The Hall–Kier alpha value is -1.51. The van der Waals surface area contributed by atoms with Crippen molar-refractivity contribution in [2.24, 2.45) is 5.92 Å². The molecule has 1 amide bonds. The zero-order chi connectivity index (χ0) is 14.3. The summed E-state index contributed by atoms with van der Waals surface area (Å²) in [5.74, 6) is 0.742. The second-order valence-electron chi connectivity index (χ2n) is 6.33. The minimum Gasteiger partial charge on any atom is -0.368 e. The van der Waals surface area contributed by atoms with Crippen LogP contribution < -0.4 is 4.90 Å². The van der Waals surface area contributed by atoms with Gasteiger partial charge in [0.2, 0.25) is 5.91 Å². The molecule has 0 radical (unpaired) electrons. The number of anilines is 1. The molecule has 1 saturated heterocycles. The molecule has 0 aromatic heterocycles. The van der Waals surface area contributed by atoms with Gasteiger partial charge < -0.3 is 9.80 Å². The third-order valence-electron chi connectivity index (χ3n) is 4.47. The predicted molar refractivity (Wildman–Crippen MR) is 82.2 cm³/mol. The molecule has 2 aliphatic rings. The summed E-state index contributed by atoms with van der Waals surface area (Å²) in [5.41, 5.74) is 5.40. The van der Waals surface area contributed by atoms with Crippen LogP contribution in [0.5, 0.6) is 0 Å². The summed E-state index contributed by atoms with van der Waals surface area (Å²) in [6.07, 6.45) is 2.21. The van der Waals surface area contributed by atoms with E-state index in [0.717, 1.165) is 39.0 Å². The minimum atomic E-state index is 0.351. The highest BCUT2D eigenvalue weighted by Crippen LogP contribution is 2.32. The molecule has 2 fully saturated rings. The third-order valence-corrected chi connectivity index (χ3v) is 4.47. The van der Waals surface area contributed by atoms with Gasteiger partial charge in [-0.15, -0.1) is 0 Å². The average Bonchev–Trinajstić information content (AvgIpc) is 3.22. The van der Waals surface area contributed by atoms with E-state index in [4.69, 9.17) is 0 Å². The second-order valence-corrected chi connectivity index (χ2v) is 6.33. The molecule has 0 atom stereocenters. The largest absolute Gasteiger partial charge is 0.368 e. The number of aryl methyl sites for hydroxylation is 3. The number of benzene rings is 1. The van der Waals surface area contributed by atoms with Crippen LogP contribution in [-0.2, 0) is 4.79 Å². The van der Waals surface area contributed by atoms with Gasteiger partial charge in [-0.25, -0.2) is 0 Å². The highest BCUT2D eigenvalue weighted by molar-refractivity contribution is 5.81. The number of amides is 1. The van der Waals surface area contributed by atoms with E-state index in [1.54, 1.807) is 0 Å². The van der Waals surface area contributed by atoms with Crippen LogP contribution in [0.3, 0.4) is 0 Å². The summed E-state index contributed by atoms with van der Waals surface area (Å²) in [5, 5.41) is 0. The lowest BCUT2D eigenvalue weighted by Crippen LogP contribution is -2.49. The van der Waals surface area contributed by atoms with Gasteiger partial charge in [0.05, 0.1) is 0 Å². The van der Waals surface area contributed by atoms with E-state index in [-0.39, 0.29) is 0 Å². The fraction of sp³-hybridized carbons (Fsp3) is 0.588. The Bertz CT molecular complexity index is 503. The Balaban J connectivity index is 1.70. The molecule has 1 aliphatic heterocycles. The lowest BCUT2D eigenvalue weighted by Gasteiger charge is -2.37. The van der Waals surface area contributed by atoms with Gasteiger partial charge in [0.1, 0.15) is 0 Å². The minimum absolute atomic E-state index is 0.351. The lowest BCUT2D eigenvalue weighted by atomic mass is 10.0. The molecule has 0 spiro atoms. The first-order valence-electron chi connectivity index (χ1n) is 7.68. The number of nitrogens with zero attached hydrogens (tertiary/aromatic N) is 2.